The Hall–Kier alpha value is -3.56. The van der Waals surface area contributed by atoms with Crippen LogP contribution in [-0.4, -0.2) is 32.7 Å². The highest BCUT2D eigenvalue weighted by Gasteiger charge is 2.34. The summed E-state index contributed by atoms with van der Waals surface area (Å²) in [6, 6.07) is 7.71. The Morgan fingerprint density at radius 1 is 0.897 bits per heavy atom. The van der Waals surface area contributed by atoms with E-state index in [0.29, 0.717) is 34.0 Å². The predicted octanol–water partition coefficient (Wildman–Crippen LogP) is 4.52. The van der Waals surface area contributed by atoms with Gasteiger partial charge in [0, 0.05) is 11.1 Å². The number of aromatic nitrogens is 1. The Kier molecular flexibility index (Phi) is 5.44. The van der Waals surface area contributed by atoms with Crippen LogP contribution in [0.2, 0.25) is 0 Å². The number of rotatable bonds is 6. The molecule has 1 aromatic heterocycles. The molecule has 3 rings (SSSR count). The normalized spacial score (nSPS) is 11.2. The Balaban J connectivity index is 2.11. The molecule has 1 heterocycles. The number of methoxy groups -OCH3 is 3. The number of nitrogen functional groups attached to an aromatic ring is 1. The lowest BCUT2D eigenvalue weighted by Crippen LogP contribution is -2.18. The second-order valence-corrected chi connectivity index (χ2v) is 5.74. The minimum atomic E-state index is -4.91. The summed E-state index contributed by atoms with van der Waals surface area (Å²) in [4.78, 5) is 4.18. The molecule has 0 unspecified atom stereocenters. The van der Waals surface area contributed by atoms with Gasteiger partial charge in [0.2, 0.25) is 5.75 Å². The van der Waals surface area contributed by atoms with E-state index in [1.54, 1.807) is 18.2 Å². The van der Waals surface area contributed by atoms with Crippen LogP contribution in [0.15, 0.2) is 41.1 Å². The second-order valence-electron chi connectivity index (χ2n) is 5.74. The number of nitrogens with zero attached hydrogens (tertiary/aromatic N) is 1. The molecular formula is C19H17F3N2O5. The van der Waals surface area contributed by atoms with Crippen molar-refractivity contribution in [1.29, 1.82) is 0 Å². The molecule has 3 aromatic rings. The minimum absolute atomic E-state index is 0.181. The Morgan fingerprint density at radius 2 is 1.52 bits per heavy atom. The molecule has 0 bridgehead atoms. The van der Waals surface area contributed by atoms with E-state index in [4.69, 9.17) is 24.4 Å². The zero-order chi connectivity index (χ0) is 21.2. The lowest BCUT2D eigenvalue weighted by atomic mass is 10.0. The van der Waals surface area contributed by atoms with Gasteiger partial charge in [-0.3, -0.25) is 0 Å². The summed E-state index contributed by atoms with van der Waals surface area (Å²) < 4.78 is 63.1. The molecule has 7 nitrogen and oxygen atoms in total. The molecule has 0 aliphatic heterocycles. The van der Waals surface area contributed by atoms with E-state index in [9.17, 15) is 13.2 Å². The lowest BCUT2D eigenvalue weighted by molar-refractivity contribution is -0.275. The van der Waals surface area contributed by atoms with Crippen molar-refractivity contribution < 1.29 is 36.5 Å². The lowest BCUT2D eigenvalue weighted by Gasteiger charge is -2.17. The third-order valence-electron chi connectivity index (χ3n) is 4.01. The topological polar surface area (TPSA) is 89.0 Å². The fraction of sp³-hybridized carbons (Fsp3) is 0.211. The summed E-state index contributed by atoms with van der Waals surface area (Å²) in [7, 11) is 3.93. The number of hydrogen-bond donors (Lipinski definition) is 1. The highest BCUT2D eigenvalue weighted by molar-refractivity contribution is 5.81. The van der Waals surface area contributed by atoms with Gasteiger partial charge in [-0.05, 0) is 30.3 Å². The second kappa shape index (κ2) is 7.82. The molecule has 0 radical (unpaired) electrons. The molecule has 0 saturated heterocycles. The smallest absolute Gasteiger partial charge is 0.495 e. The van der Waals surface area contributed by atoms with Crippen molar-refractivity contribution in [2.45, 2.75) is 6.36 Å². The first-order valence-corrected chi connectivity index (χ1v) is 8.17. The van der Waals surface area contributed by atoms with E-state index in [-0.39, 0.29) is 11.5 Å². The fourth-order valence-electron chi connectivity index (χ4n) is 2.77. The van der Waals surface area contributed by atoms with Gasteiger partial charge < -0.3 is 29.1 Å². The molecule has 2 aromatic carbocycles. The first-order valence-electron chi connectivity index (χ1n) is 8.17. The van der Waals surface area contributed by atoms with Crippen LogP contribution >= 0.6 is 0 Å². The van der Waals surface area contributed by atoms with Crippen LogP contribution < -0.4 is 24.7 Å². The summed E-state index contributed by atoms with van der Waals surface area (Å²) in [6.45, 7) is 0. The number of alkyl halides is 3. The number of nitrogens with two attached hydrogens (primary N) is 1. The molecule has 2 N–H and O–H groups in total. The molecule has 0 atom stereocenters. The van der Waals surface area contributed by atoms with Crippen molar-refractivity contribution in [3.8, 4) is 45.6 Å². The monoisotopic (exact) mass is 410 g/mol. The Morgan fingerprint density at radius 3 is 2.03 bits per heavy atom. The van der Waals surface area contributed by atoms with Gasteiger partial charge in [-0.2, -0.15) is 0 Å². The maximum absolute atomic E-state index is 12.8. The summed E-state index contributed by atoms with van der Waals surface area (Å²) in [6.07, 6.45) is -3.70. The molecule has 29 heavy (non-hydrogen) atoms. The molecule has 10 heteroatoms. The number of hydrogen-bond acceptors (Lipinski definition) is 7. The number of anilines is 1. The van der Waals surface area contributed by atoms with Crippen molar-refractivity contribution in [2.24, 2.45) is 0 Å². The molecule has 0 fully saturated rings. The zero-order valence-corrected chi connectivity index (χ0v) is 15.7. The maximum atomic E-state index is 12.8. The summed E-state index contributed by atoms with van der Waals surface area (Å²) in [5.74, 6) is -0.107. The van der Waals surface area contributed by atoms with Crippen molar-refractivity contribution in [3.05, 3.63) is 36.7 Å². The number of benzene rings is 2. The van der Waals surface area contributed by atoms with Gasteiger partial charge in [-0.25, -0.2) is 4.98 Å². The number of oxazole rings is 1. The average Bonchev–Trinajstić information content (AvgIpc) is 3.16. The van der Waals surface area contributed by atoms with Crippen molar-refractivity contribution in [2.75, 3.05) is 27.1 Å². The van der Waals surface area contributed by atoms with Gasteiger partial charge in [0.05, 0.1) is 27.0 Å². The molecule has 0 spiro atoms. The Bertz CT molecular complexity index is 992. The minimum Gasteiger partial charge on any atom is -0.495 e. The first-order chi connectivity index (χ1) is 13.8. The highest BCUT2D eigenvalue weighted by Crippen LogP contribution is 2.45. The maximum Gasteiger partial charge on any atom is 0.573 e. The van der Waals surface area contributed by atoms with Crippen LogP contribution in [0.3, 0.4) is 0 Å². The molecule has 0 aliphatic rings. The van der Waals surface area contributed by atoms with Gasteiger partial charge in [-0.1, -0.05) is 0 Å². The molecular weight excluding hydrogens is 393 g/mol. The summed E-state index contributed by atoms with van der Waals surface area (Å²) in [5, 5.41) is 0. The molecule has 0 aliphatic carbocycles. The van der Waals surface area contributed by atoms with Gasteiger partial charge in [0.25, 0.3) is 0 Å². The van der Waals surface area contributed by atoms with E-state index in [2.05, 4.69) is 9.72 Å². The third-order valence-corrected chi connectivity index (χ3v) is 4.01. The summed E-state index contributed by atoms with van der Waals surface area (Å²) in [5.41, 5.74) is 7.68. The van der Waals surface area contributed by atoms with Gasteiger partial charge in [-0.15, -0.1) is 13.2 Å². The van der Waals surface area contributed by atoms with Gasteiger partial charge in [0.1, 0.15) is 11.4 Å². The van der Waals surface area contributed by atoms with E-state index in [1.807, 2.05) is 0 Å². The first kappa shape index (κ1) is 20.2. The summed E-state index contributed by atoms with van der Waals surface area (Å²) >= 11 is 0. The van der Waals surface area contributed by atoms with Gasteiger partial charge >= 0.3 is 6.36 Å². The standard InChI is InChI=1S/C19H17F3N2O5/c1-25-13-5-4-10(6-12(13)23)17-16(24-9-28-17)11-7-14(26-2)18(15(8-11)27-3)29-19(20,21)22/h4-9H,23H2,1-3H3. The average molecular weight is 410 g/mol. The van der Waals surface area contributed by atoms with Crippen LogP contribution in [0.5, 0.6) is 23.0 Å². The van der Waals surface area contributed by atoms with E-state index < -0.39 is 12.1 Å². The van der Waals surface area contributed by atoms with Crippen LogP contribution in [0.25, 0.3) is 22.6 Å². The van der Waals surface area contributed by atoms with Crippen molar-refractivity contribution in [3.63, 3.8) is 0 Å². The zero-order valence-electron chi connectivity index (χ0n) is 15.7. The van der Waals surface area contributed by atoms with Crippen LogP contribution in [-0.2, 0) is 0 Å². The van der Waals surface area contributed by atoms with E-state index >= 15 is 0 Å². The molecule has 154 valence electrons. The predicted molar refractivity (Wildman–Crippen MR) is 98.1 cm³/mol. The van der Waals surface area contributed by atoms with Crippen LogP contribution in [0, 0.1) is 0 Å². The van der Waals surface area contributed by atoms with Gasteiger partial charge in [0.15, 0.2) is 23.7 Å². The SMILES string of the molecule is COc1ccc(-c2ocnc2-c2cc(OC)c(OC(F)(F)F)c(OC)c2)cc1N. The van der Waals surface area contributed by atoms with Crippen LogP contribution in [0.4, 0.5) is 18.9 Å². The van der Waals surface area contributed by atoms with Crippen molar-refractivity contribution in [1.82, 2.24) is 4.98 Å². The Labute approximate surface area is 163 Å². The molecule has 0 saturated carbocycles. The third kappa shape index (κ3) is 4.15. The van der Waals surface area contributed by atoms with E-state index in [1.165, 1.54) is 39.9 Å². The highest BCUT2D eigenvalue weighted by atomic mass is 19.4. The van der Waals surface area contributed by atoms with Crippen molar-refractivity contribution >= 4 is 5.69 Å². The quantitative estimate of drug-likeness (QED) is 0.598. The largest absolute Gasteiger partial charge is 0.573 e. The number of halogens is 3. The van der Waals surface area contributed by atoms with Crippen LogP contribution in [0.1, 0.15) is 0 Å². The number of ether oxygens (including phenoxy) is 4. The van der Waals surface area contributed by atoms with E-state index in [0.717, 1.165) is 0 Å². The molecule has 0 amide bonds. The fourth-order valence-corrected chi connectivity index (χ4v) is 2.77.